The minimum absolute atomic E-state index is 0.295. The molecule has 116 valence electrons. The highest BCUT2D eigenvalue weighted by molar-refractivity contribution is 6.67. The molecule has 0 unspecified atom stereocenters. The smallest absolute Gasteiger partial charge is 0.208 e. The van der Waals surface area contributed by atoms with Crippen molar-refractivity contribution in [2.24, 2.45) is 0 Å². The van der Waals surface area contributed by atoms with Crippen molar-refractivity contribution in [1.29, 1.82) is 0 Å². The van der Waals surface area contributed by atoms with E-state index in [9.17, 15) is 26.3 Å². The van der Waals surface area contributed by atoms with E-state index in [1.165, 1.54) is 0 Å². The van der Waals surface area contributed by atoms with Gasteiger partial charge in [0.05, 0.1) is 7.11 Å². The molecular formula is C14H9BF6O. The lowest BCUT2D eigenvalue weighted by Crippen LogP contribution is -2.38. The second-order valence-corrected chi connectivity index (χ2v) is 4.63. The predicted octanol–water partition coefficient (Wildman–Crippen LogP) is 2.23. The molecule has 22 heavy (non-hydrogen) atoms. The first-order valence-corrected chi connectivity index (χ1v) is 6.11. The monoisotopic (exact) mass is 318 g/mol. The van der Waals surface area contributed by atoms with Gasteiger partial charge in [-0.3, -0.25) is 0 Å². The quantitative estimate of drug-likeness (QED) is 0.479. The number of benzene rings is 2. The second kappa shape index (κ2) is 5.94. The van der Waals surface area contributed by atoms with Crippen LogP contribution in [0.4, 0.5) is 26.3 Å². The summed E-state index contributed by atoms with van der Waals surface area (Å²) in [6.07, 6.45) is 0. The average molecular weight is 318 g/mol. The standard InChI is InChI=1S/C14H9BF6O/c1-5-3-6(16)9(14(21)11(5)18)15-10-12(19)7(17)4-8(22-2)13(10)20/h3-4,15H,1-2H3. The first-order chi connectivity index (χ1) is 10.3. The number of hydrogen-bond acceptors (Lipinski definition) is 1. The number of methoxy groups -OCH3 is 1. The zero-order chi connectivity index (χ0) is 16.6. The van der Waals surface area contributed by atoms with Gasteiger partial charge in [0.2, 0.25) is 7.28 Å². The van der Waals surface area contributed by atoms with Crippen molar-refractivity contribution in [2.45, 2.75) is 6.92 Å². The highest BCUT2D eigenvalue weighted by atomic mass is 19.2. The van der Waals surface area contributed by atoms with Gasteiger partial charge in [0.1, 0.15) is 5.82 Å². The van der Waals surface area contributed by atoms with E-state index in [4.69, 9.17) is 0 Å². The molecule has 0 aliphatic carbocycles. The molecule has 0 saturated carbocycles. The van der Waals surface area contributed by atoms with E-state index < -0.39 is 58.9 Å². The zero-order valence-electron chi connectivity index (χ0n) is 11.5. The molecule has 0 fully saturated rings. The van der Waals surface area contributed by atoms with Gasteiger partial charge >= 0.3 is 0 Å². The molecule has 0 N–H and O–H groups in total. The lowest BCUT2D eigenvalue weighted by atomic mass is 9.62. The zero-order valence-corrected chi connectivity index (χ0v) is 11.5. The number of halogens is 6. The molecule has 0 spiro atoms. The van der Waals surface area contributed by atoms with Crippen molar-refractivity contribution in [3.05, 3.63) is 52.6 Å². The Hall–Kier alpha value is -2.12. The Labute approximate surface area is 122 Å². The topological polar surface area (TPSA) is 9.23 Å². The Morgan fingerprint density at radius 2 is 1.41 bits per heavy atom. The van der Waals surface area contributed by atoms with Gasteiger partial charge < -0.3 is 4.74 Å². The van der Waals surface area contributed by atoms with Gasteiger partial charge in [-0.1, -0.05) is 0 Å². The van der Waals surface area contributed by atoms with E-state index in [-0.39, 0.29) is 5.56 Å². The lowest BCUT2D eigenvalue weighted by molar-refractivity contribution is 0.379. The fraction of sp³-hybridized carbons (Fsp3) is 0.143. The number of rotatable bonds is 3. The Kier molecular flexibility index (Phi) is 4.39. The van der Waals surface area contributed by atoms with Crippen LogP contribution in [0.3, 0.4) is 0 Å². The normalized spacial score (nSPS) is 10.7. The number of ether oxygens (including phenoxy) is 1. The fourth-order valence-electron chi connectivity index (χ4n) is 2.02. The lowest BCUT2D eigenvalue weighted by Gasteiger charge is -2.11. The molecule has 0 atom stereocenters. The van der Waals surface area contributed by atoms with Crippen LogP contribution in [-0.4, -0.2) is 14.4 Å². The van der Waals surface area contributed by atoms with Crippen LogP contribution in [0.25, 0.3) is 0 Å². The van der Waals surface area contributed by atoms with Crippen molar-refractivity contribution >= 4 is 18.2 Å². The Bertz CT molecular complexity index is 747. The summed E-state index contributed by atoms with van der Waals surface area (Å²) in [6, 6.07) is 1.16. The summed E-state index contributed by atoms with van der Waals surface area (Å²) in [4.78, 5) is 0. The summed E-state index contributed by atoms with van der Waals surface area (Å²) in [5.74, 6) is -9.07. The van der Waals surface area contributed by atoms with Gasteiger partial charge in [-0.05, 0) is 29.5 Å². The molecule has 8 heteroatoms. The van der Waals surface area contributed by atoms with Gasteiger partial charge in [-0.25, -0.2) is 26.3 Å². The summed E-state index contributed by atoms with van der Waals surface area (Å²) in [5.41, 5.74) is -2.14. The predicted molar refractivity (Wildman–Crippen MR) is 70.3 cm³/mol. The SMILES string of the molecule is COc1cc(F)c(F)c(Bc2c(F)cc(C)c(F)c2F)c1F. The van der Waals surface area contributed by atoms with Crippen molar-refractivity contribution < 1.29 is 31.1 Å². The van der Waals surface area contributed by atoms with E-state index in [1.807, 2.05) is 0 Å². The first kappa shape index (κ1) is 16.3. The van der Waals surface area contributed by atoms with Crippen molar-refractivity contribution in [3.8, 4) is 5.75 Å². The largest absolute Gasteiger partial charge is 0.494 e. The minimum Gasteiger partial charge on any atom is -0.494 e. The molecule has 0 amide bonds. The molecule has 1 nitrogen and oxygen atoms in total. The molecule has 0 aliphatic rings. The van der Waals surface area contributed by atoms with Gasteiger partial charge in [-0.2, -0.15) is 0 Å². The van der Waals surface area contributed by atoms with E-state index in [0.717, 1.165) is 14.0 Å². The first-order valence-electron chi connectivity index (χ1n) is 6.11. The minimum atomic E-state index is -1.61. The highest BCUT2D eigenvalue weighted by Gasteiger charge is 2.25. The number of aryl methyl sites for hydroxylation is 1. The van der Waals surface area contributed by atoms with Gasteiger partial charge in [0.15, 0.2) is 34.8 Å². The molecular weight excluding hydrogens is 309 g/mol. The van der Waals surface area contributed by atoms with Crippen LogP contribution in [0, 0.1) is 41.8 Å². The van der Waals surface area contributed by atoms with Gasteiger partial charge in [0, 0.05) is 6.07 Å². The summed E-state index contributed by atoms with van der Waals surface area (Å²) in [6.45, 7) is 1.14. The molecule has 0 aromatic heterocycles. The molecule has 0 heterocycles. The van der Waals surface area contributed by atoms with E-state index >= 15 is 0 Å². The molecule has 2 rings (SSSR count). The third-order valence-corrected chi connectivity index (χ3v) is 3.22. The maximum Gasteiger partial charge on any atom is 0.208 e. The maximum absolute atomic E-state index is 14.0. The third kappa shape index (κ3) is 2.65. The average Bonchev–Trinajstić information content (AvgIpc) is 2.48. The maximum atomic E-state index is 14.0. The van der Waals surface area contributed by atoms with Crippen LogP contribution in [0.2, 0.25) is 0 Å². The molecule has 0 saturated heterocycles. The summed E-state index contributed by atoms with van der Waals surface area (Å²) in [7, 11) is 0.0207. The molecule has 0 aliphatic heterocycles. The van der Waals surface area contributed by atoms with Crippen molar-refractivity contribution in [3.63, 3.8) is 0 Å². The molecule has 0 bridgehead atoms. The summed E-state index contributed by atoms with van der Waals surface area (Å²) in [5, 5.41) is 0. The van der Waals surface area contributed by atoms with Crippen LogP contribution >= 0.6 is 0 Å². The molecule has 0 radical (unpaired) electrons. The van der Waals surface area contributed by atoms with E-state index in [2.05, 4.69) is 4.74 Å². The van der Waals surface area contributed by atoms with Crippen LogP contribution < -0.4 is 15.7 Å². The third-order valence-electron chi connectivity index (χ3n) is 3.22. The van der Waals surface area contributed by atoms with Crippen molar-refractivity contribution in [1.82, 2.24) is 0 Å². The fourth-order valence-corrected chi connectivity index (χ4v) is 2.02. The molecule has 2 aromatic rings. The highest BCUT2D eigenvalue weighted by Crippen LogP contribution is 2.19. The van der Waals surface area contributed by atoms with E-state index in [1.54, 1.807) is 0 Å². The molecule has 2 aromatic carbocycles. The second-order valence-electron chi connectivity index (χ2n) is 4.63. The summed E-state index contributed by atoms with van der Waals surface area (Å²) >= 11 is 0. The number of hydrogen-bond donors (Lipinski definition) is 0. The van der Waals surface area contributed by atoms with Crippen LogP contribution in [-0.2, 0) is 0 Å². The Morgan fingerprint density at radius 1 is 0.773 bits per heavy atom. The van der Waals surface area contributed by atoms with Gasteiger partial charge in [-0.15, -0.1) is 0 Å². The van der Waals surface area contributed by atoms with Crippen LogP contribution in [0.1, 0.15) is 5.56 Å². The van der Waals surface area contributed by atoms with Crippen molar-refractivity contribution in [2.75, 3.05) is 7.11 Å². The van der Waals surface area contributed by atoms with Crippen LogP contribution in [0.5, 0.6) is 5.75 Å². The van der Waals surface area contributed by atoms with Crippen LogP contribution in [0.15, 0.2) is 12.1 Å². The van der Waals surface area contributed by atoms with E-state index in [0.29, 0.717) is 12.1 Å². The van der Waals surface area contributed by atoms with Gasteiger partial charge in [0.25, 0.3) is 0 Å². The Balaban J connectivity index is 2.62. The summed E-state index contributed by atoms with van der Waals surface area (Å²) < 4.78 is 86.5. The Morgan fingerprint density at radius 3 is 2.00 bits per heavy atom.